The van der Waals surface area contributed by atoms with E-state index >= 15 is 0 Å². The highest BCUT2D eigenvalue weighted by molar-refractivity contribution is 5.03. The maximum Gasteiger partial charge on any atom is -0.0169 e. The summed E-state index contributed by atoms with van der Waals surface area (Å²) in [5, 5.41) is 0. The van der Waals surface area contributed by atoms with Gasteiger partial charge in [0, 0.05) is 0 Å². The van der Waals surface area contributed by atoms with Crippen LogP contribution >= 0.6 is 0 Å². The van der Waals surface area contributed by atoms with Gasteiger partial charge < -0.3 is 0 Å². The lowest BCUT2D eigenvalue weighted by Gasteiger charge is -1.75. The maximum absolute atomic E-state index is 3.60. The van der Waals surface area contributed by atoms with E-state index in [9.17, 15) is 0 Å². The number of allylic oxidation sites excluding steroid dienone is 5. The number of hydrogen-bond donors (Lipinski definition) is 0. The highest BCUT2D eigenvalue weighted by Gasteiger charge is 1.64. The second-order valence-corrected chi connectivity index (χ2v) is 1.79. The Balaban J connectivity index is 3.23. The van der Waals surface area contributed by atoms with E-state index in [0.717, 1.165) is 12.8 Å². The highest BCUT2D eigenvalue weighted by atomic mass is 13.7. The summed E-state index contributed by atoms with van der Waals surface area (Å²) in [5.74, 6) is 0. The molecule has 0 aromatic heterocycles. The van der Waals surface area contributed by atoms with Gasteiger partial charge in [-0.25, -0.2) is 0 Å². The van der Waals surface area contributed by atoms with Crippen molar-refractivity contribution in [2.75, 3.05) is 0 Å². The molecule has 0 aliphatic heterocycles. The second-order valence-electron chi connectivity index (χ2n) is 1.79. The Morgan fingerprint density at radius 1 is 1.22 bits per heavy atom. The summed E-state index contributed by atoms with van der Waals surface area (Å²) < 4.78 is 0. The van der Waals surface area contributed by atoms with Gasteiger partial charge in [-0.05, 0) is 12.8 Å². The molecule has 0 nitrogen and oxygen atoms in total. The molecule has 0 aliphatic carbocycles. The van der Waals surface area contributed by atoms with Crippen molar-refractivity contribution in [1.29, 1.82) is 0 Å². The zero-order valence-electron chi connectivity index (χ0n) is 6.01. The lowest BCUT2D eigenvalue weighted by atomic mass is 10.3. The molecular formula is C9H14. The van der Waals surface area contributed by atoms with Gasteiger partial charge in [0.1, 0.15) is 0 Å². The summed E-state index contributed by atoms with van der Waals surface area (Å²) >= 11 is 0. The van der Waals surface area contributed by atoms with Gasteiger partial charge in [0.15, 0.2) is 0 Å². The first kappa shape index (κ1) is 8.22. The van der Waals surface area contributed by atoms with Gasteiger partial charge in [0.25, 0.3) is 0 Å². The lowest BCUT2D eigenvalue weighted by Crippen LogP contribution is -1.54. The summed E-state index contributed by atoms with van der Waals surface area (Å²) in [6.07, 6.45) is 12.3. The van der Waals surface area contributed by atoms with Gasteiger partial charge in [-0.15, -0.1) is 6.58 Å². The van der Waals surface area contributed by atoms with Gasteiger partial charge >= 0.3 is 0 Å². The Bertz CT molecular complexity index is 107. The van der Waals surface area contributed by atoms with Crippen LogP contribution in [0.25, 0.3) is 0 Å². The van der Waals surface area contributed by atoms with Crippen molar-refractivity contribution < 1.29 is 0 Å². The largest absolute Gasteiger partial charge is 0.103 e. The minimum absolute atomic E-state index is 0.966. The lowest BCUT2D eigenvalue weighted by molar-refractivity contribution is 1.22. The third-order valence-corrected chi connectivity index (χ3v) is 0.922. The first-order valence-electron chi connectivity index (χ1n) is 3.34. The predicted octanol–water partition coefficient (Wildman–Crippen LogP) is 3.08. The molecule has 0 aliphatic rings. The van der Waals surface area contributed by atoms with E-state index in [-0.39, 0.29) is 0 Å². The van der Waals surface area contributed by atoms with E-state index in [2.05, 4.69) is 31.7 Å². The molecule has 9 heavy (non-hydrogen) atoms. The van der Waals surface area contributed by atoms with E-state index in [1.807, 2.05) is 12.2 Å². The molecule has 0 amide bonds. The summed E-state index contributed by atoms with van der Waals surface area (Å²) in [5.41, 5.74) is 0. The Labute approximate surface area is 57.6 Å². The van der Waals surface area contributed by atoms with E-state index in [1.165, 1.54) is 0 Å². The maximum atomic E-state index is 3.60. The number of rotatable bonds is 4. The quantitative estimate of drug-likeness (QED) is 0.397. The van der Waals surface area contributed by atoms with E-state index in [1.54, 1.807) is 0 Å². The molecule has 0 fully saturated rings. The van der Waals surface area contributed by atoms with Gasteiger partial charge in [0.2, 0.25) is 0 Å². The van der Waals surface area contributed by atoms with Crippen LogP contribution in [0.15, 0.2) is 37.0 Å². The van der Waals surface area contributed by atoms with Crippen LogP contribution in [0.3, 0.4) is 0 Å². The highest BCUT2D eigenvalue weighted by Crippen LogP contribution is 1.85. The third kappa shape index (κ3) is 7.22. The van der Waals surface area contributed by atoms with E-state index < -0.39 is 0 Å². The van der Waals surface area contributed by atoms with Crippen molar-refractivity contribution in [3.05, 3.63) is 37.0 Å². The molecule has 0 saturated heterocycles. The van der Waals surface area contributed by atoms with Crippen molar-refractivity contribution in [1.82, 2.24) is 0 Å². The van der Waals surface area contributed by atoms with Crippen LogP contribution in [-0.4, -0.2) is 0 Å². The third-order valence-electron chi connectivity index (χ3n) is 0.922. The Morgan fingerprint density at radius 3 is 2.44 bits per heavy atom. The molecule has 0 saturated carbocycles. The van der Waals surface area contributed by atoms with Crippen LogP contribution in [0.2, 0.25) is 0 Å². The molecule has 0 aromatic carbocycles. The first-order valence-corrected chi connectivity index (χ1v) is 3.34. The summed E-state index contributed by atoms with van der Waals surface area (Å²) in [4.78, 5) is 0. The predicted molar refractivity (Wildman–Crippen MR) is 43.4 cm³/mol. The molecule has 0 heteroatoms. The van der Waals surface area contributed by atoms with E-state index in [0.29, 0.717) is 0 Å². The number of hydrogen-bond acceptors (Lipinski definition) is 0. The van der Waals surface area contributed by atoms with E-state index in [4.69, 9.17) is 0 Å². The van der Waals surface area contributed by atoms with Crippen molar-refractivity contribution in [3.63, 3.8) is 0 Å². The van der Waals surface area contributed by atoms with Crippen LogP contribution in [0.5, 0.6) is 0 Å². The average Bonchev–Trinajstić information content (AvgIpc) is 1.89. The molecule has 0 N–H and O–H groups in total. The van der Waals surface area contributed by atoms with Crippen LogP contribution in [0.1, 0.15) is 19.8 Å². The summed E-state index contributed by atoms with van der Waals surface area (Å²) in [6, 6.07) is 0. The Hall–Kier alpha value is -0.780. The Morgan fingerprint density at radius 2 is 1.89 bits per heavy atom. The van der Waals surface area contributed by atoms with Gasteiger partial charge in [0.05, 0.1) is 0 Å². The zero-order valence-corrected chi connectivity index (χ0v) is 6.01. The molecule has 0 bridgehead atoms. The fourth-order valence-corrected chi connectivity index (χ4v) is 0.468. The van der Waals surface area contributed by atoms with Gasteiger partial charge in [-0.1, -0.05) is 37.3 Å². The van der Waals surface area contributed by atoms with Crippen LogP contribution in [0, 0.1) is 0 Å². The van der Waals surface area contributed by atoms with Crippen LogP contribution in [0.4, 0.5) is 0 Å². The monoisotopic (exact) mass is 122 g/mol. The van der Waals surface area contributed by atoms with Crippen molar-refractivity contribution in [2.24, 2.45) is 0 Å². The molecule has 50 valence electrons. The van der Waals surface area contributed by atoms with Crippen molar-refractivity contribution in [2.45, 2.75) is 19.8 Å². The molecule has 0 aromatic rings. The van der Waals surface area contributed by atoms with Crippen LogP contribution in [-0.2, 0) is 0 Å². The van der Waals surface area contributed by atoms with Crippen molar-refractivity contribution >= 4 is 0 Å². The smallest absolute Gasteiger partial charge is 0.0169 e. The molecule has 0 atom stereocenters. The van der Waals surface area contributed by atoms with Gasteiger partial charge in [-0.2, -0.15) is 0 Å². The second kappa shape index (κ2) is 7.22. The molecule has 0 unspecified atom stereocenters. The first-order chi connectivity index (χ1) is 4.41. The SMILES string of the molecule is C=CCC=CC=CCC. The molecule has 0 spiro atoms. The minimum Gasteiger partial charge on any atom is -0.103 e. The topological polar surface area (TPSA) is 0 Å². The van der Waals surface area contributed by atoms with Gasteiger partial charge in [-0.3, -0.25) is 0 Å². The molecular weight excluding hydrogens is 108 g/mol. The van der Waals surface area contributed by atoms with Crippen LogP contribution < -0.4 is 0 Å². The normalized spacial score (nSPS) is 11.2. The fraction of sp³-hybridized carbons (Fsp3) is 0.333. The van der Waals surface area contributed by atoms with Crippen molar-refractivity contribution in [3.8, 4) is 0 Å². The Kier molecular flexibility index (Phi) is 6.59. The molecule has 0 radical (unpaired) electrons. The summed E-state index contributed by atoms with van der Waals surface area (Å²) in [7, 11) is 0. The minimum atomic E-state index is 0.966. The average molecular weight is 122 g/mol. The fourth-order valence-electron chi connectivity index (χ4n) is 0.468. The molecule has 0 heterocycles. The summed E-state index contributed by atoms with van der Waals surface area (Å²) in [6.45, 7) is 5.73. The standard InChI is InChI=1S/C9H14/c1-3-5-7-9-8-6-4-2/h3,6-9H,1,4-5H2,2H3. The molecule has 0 rings (SSSR count). The zero-order chi connectivity index (χ0) is 6.95.